The average Bonchev–Trinajstić information content (AvgIpc) is 2.63. The lowest BCUT2D eigenvalue weighted by Crippen LogP contribution is -2.38. The van der Waals surface area contributed by atoms with Crippen LogP contribution >= 0.6 is 0 Å². The number of nitrogens with one attached hydrogen (secondary N) is 2. The number of hydrogen-bond donors (Lipinski definition) is 2. The van der Waals surface area contributed by atoms with Gasteiger partial charge in [0.2, 0.25) is 0 Å². The number of rotatable bonds is 3. The second kappa shape index (κ2) is 6.78. The summed E-state index contributed by atoms with van der Waals surface area (Å²) in [5.41, 5.74) is 0.991. The van der Waals surface area contributed by atoms with Crippen molar-refractivity contribution in [2.24, 2.45) is 0 Å². The minimum atomic E-state index is -0.668. The van der Waals surface area contributed by atoms with Gasteiger partial charge in [-0.3, -0.25) is 4.79 Å². The highest BCUT2D eigenvalue weighted by Crippen LogP contribution is 2.09. The van der Waals surface area contributed by atoms with E-state index in [2.05, 4.69) is 10.6 Å². The minimum Gasteiger partial charge on any atom is -0.436 e. The highest BCUT2D eigenvalue weighted by Gasteiger charge is 2.24. The van der Waals surface area contributed by atoms with Crippen molar-refractivity contribution >= 4 is 12.0 Å². The topological polar surface area (TPSA) is 67.4 Å². The number of alkyl carbamates (subject to hydrolysis) is 1. The fraction of sp³-hybridized carbons (Fsp3) is 0.429. The molecule has 2 amide bonds. The lowest BCUT2D eigenvalue weighted by Gasteiger charge is -2.14. The Balaban J connectivity index is 1.79. The van der Waals surface area contributed by atoms with Crippen LogP contribution in [0.15, 0.2) is 30.3 Å². The van der Waals surface area contributed by atoms with E-state index < -0.39 is 12.2 Å². The summed E-state index contributed by atoms with van der Waals surface area (Å²) < 4.78 is 5.14. The van der Waals surface area contributed by atoms with E-state index in [1.54, 1.807) is 0 Å². The van der Waals surface area contributed by atoms with Crippen molar-refractivity contribution < 1.29 is 14.3 Å². The number of carbonyl (C=O) groups is 2. The second-order valence-corrected chi connectivity index (χ2v) is 4.52. The van der Waals surface area contributed by atoms with Gasteiger partial charge in [0, 0.05) is 13.1 Å². The molecule has 0 saturated carbocycles. The molecular formula is C14H18N2O3. The second-order valence-electron chi connectivity index (χ2n) is 4.52. The largest absolute Gasteiger partial charge is 0.436 e. The molecule has 1 fully saturated rings. The first-order chi connectivity index (χ1) is 9.25. The number of hydrogen-bond acceptors (Lipinski definition) is 3. The number of benzene rings is 1. The third-order valence-electron chi connectivity index (χ3n) is 3.01. The summed E-state index contributed by atoms with van der Waals surface area (Å²) in [6.07, 6.45) is 1.18. The molecule has 5 heteroatoms. The molecule has 5 nitrogen and oxygen atoms in total. The molecule has 19 heavy (non-hydrogen) atoms. The van der Waals surface area contributed by atoms with E-state index in [4.69, 9.17) is 4.74 Å². The van der Waals surface area contributed by atoms with E-state index in [0.717, 1.165) is 18.4 Å². The van der Waals surface area contributed by atoms with E-state index in [1.807, 2.05) is 30.3 Å². The van der Waals surface area contributed by atoms with Gasteiger partial charge in [-0.25, -0.2) is 4.79 Å². The van der Waals surface area contributed by atoms with Gasteiger partial charge < -0.3 is 15.4 Å². The molecule has 2 rings (SSSR count). The maximum atomic E-state index is 11.6. The van der Waals surface area contributed by atoms with Crippen molar-refractivity contribution in [1.82, 2.24) is 10.6 Å². The van der Waals surface area contributed by atoms with Gasteiger partial charge in [-0.05, 0) is 24.8 Å². The highest BCUT2D eigenvalue weighted by molar-refractivity contribution is 5.83. The zero-order valence-electron chi connectivity index (χ0n) is 10.7. The van der Waals surface area contributed by atoms with Gasteiger partial charge in [-0.15, -0.1) is 0 Å². The first-order valence-electron chi connectivity index (χ1n) is 6.52. The third kappa shape index (κ3) is 4.28. The molecule has 1 aromatic rings. The molecule has 1 aliphatic rings. The molecule has 1 atom stereocenters. The van der Waals surface area contributed by atoms with Crippen molar-refractivity contribution in [3.8, 4) is 0 Å². The van der Waals surface area contributed by atoms with Gasteiger partial charge in [0.05, 0.1) is 0 Å². The summed E-state index contributed by atoms with van der Waals surface area (Å²) in [5, 5.41) is 5.38. The van der Waals surface area contributed by atoms with Crippen molar-refractivity contribution in [3.63, 3.8) is 0 Å². The molecule has 0 unspecified atom stereocenters. The summed E-state index contributed by atoms with van der Waals surface area (Å²) >= 11 is 0. The van der Waals surface area contributed by atoms with E-state index in [-0.39, 0.29) is 5.91 Å². The van der Waals surface area contributed by atoms with Gasteiger partial charge in [0.1, 0.15) is 0 Å². The standard InChI is InChI=1S/C14H18N2O3/c17-13-12(8-4-5-9-15-13)19-14(18)16-10-11-6-2-1-3-7-11/h1-3,6-7,12H,4-5,8-10H2,(H,15,17)(H,16,18)/t12-/m1/s1. The Labute approximate surface area is 112 Å². The van der Waals surface area contributed by atoms with Crippen LogP contribution < -0.4 is 10.6 Å². The zero-order chi connectivity index (χ0) is 13.5. The van der Waals surface area contributed by atoms with Crippen LogP contribution in [0, 0.1) is 0 Å². The van der Waals surface area contributed by atoms with Gasteiger partial charge in [0.15, 0.2) is 6.10 Å². The Morgan fingerprint density at radius 1 is 1.32 bits per heavy atom. The minimum absolute atomic E-state index is 0.202. The molecular weight excluding hydrogens is 244 g/mol. The van der Waals surface area contributed by atoms with E-state index in [0.29, 0.717) is 19.5 Å². The van der Waals surface area contributed by atoms with Gasteiger partial charge in [0.25, 0.3) is 5.91 Å². The summed E-state index contributed by atoms with van der Waals surface area (Å²) in [5.74, 6) is -0.202. The zero-order valence-corrected chi connectivity index (χ0v) is 10.7. The summed E-state index contributed by atoms with van der Waals surface area (Å²) in [6.45, 7) is 1.05. The smallest absolute Gasteiger partial charge is 0.408 e. The lowest BCUT2D eigenvalue weighted by atomic mass is 10.2. The van der Waals surface area contributed by atoms with Gasteiger partial charge in [-0.1, -0.05) is 30.3 Å². The summed E-state index contributed by atoms with van der Waals surface area (Å²) in [6, 6.07) is 9.55. The van der Waals surface area contributed by atoms with Crippen LogP contribution in [0.2, 0.25) is 0 Å². The monoisotopic (exact) mass is 262 g/mol. The lowest BCUT2D eigenvalue weighted by molar-refractivity contribution is -0.129. The molecule has 0 bridgehead atoms. The third-order valence-corrected chi connectivity index (χ3v) is 3.01. The van der Waals surface area contributed by atoms with Crippen molar-refractivity contribution in [2.75, 3.05) is 6.54 Å². The van der Waals surface area contributed by atoms with Crippen LogP contribution in [0.25, 0.3) is 0 Å². The molecule has 2 N–H and O–H groups in total. The number of ether oxygens (including phenoxy) is 1. The fourth-order valence-electron chi connectivity index (χ4n) is 1.96. The first kappa shape index (κ1) is 13.4. The predicted octanol–water partition coefficient (Wildman–Crippen LogP) is 1.58. The molecule has 1 aliphatic heterocycles. The average molecular weight is 262 g/mol. The summed E-state index contributed by atoms with van der Waals surface area (Å²) in [7, 11) is 0. The molecule has 0 spiro atoms. The van der Waals surface area contributed by atoms with E-state index >= 15 is 0 Å². The Morgan fingerprint density at radius 2 is 2.11 bits per heavy atom. The van der Waals surface area contributed by atoms with Crippen LogP contribution in [-0.4, -0.2) is 24.6 Å². The Morgan fingerprint density at radius 3 is 2.89 bits per heavy atom. The van der Waals surface area contributed by atoms with Crippen LogP contribution in [0.1, 0.15) is 24.8 Å². The van der Waals surface area contributed by atoms with Crippen molar-refractivity contribution in [3.05, 3.63) is 35.9 Å². The van der Waals surface area contributed by atoms with E-state index in [1.165, 1.54) is 0 Å². The summed E-state index contributed by atoms with van der Waals surface area (Å²) in [4.78, 5) is 23.2. The van der Waals surface area contributed by atoms with Crippen LogP contribution in [0.3, 0.4) is 0 Å². The fourth-order valence-corrected chi connectivity index (χ4v) is 1.96. The van der Waals surface area contributed by atoms with Crippen LogP contribution in [0.4, 0.5) is 4.79 Å². The molecule has 0 aromatic heterocycles. The quantitative estimate of drug-likeness (QED) is 0.869. The molecule has 1 aromatic carbocycles. The Kier molecular flexibility index (Phi) is 4.78. The highest BCUT2D eigenvalue weighted by atomic mass is 16.6. The first-order valence-corrected chi connectivity index (χ1v) is 6.52. The van der Waals surface area contributed by atoms with Crippen LogP contribution in [-0.2, 0) is 16.1 Å². The molecule has 0 radical (unpaired) electrons. The van der Waals surface area contributed by atoms with Crippen molar-refractivity contribution in [1.29, 1.82) is 0 Å². The normalized spacial score (nSPS) is 19.2. The van der Waals surface area contributed by atoms with Crippen LogP contribution in [0.5, 0.6) is 0 Å². The molecule has 1 saturated heterocycles. The SMILES string of the molecule is O=C(NCc1ccccc1)O[C@@H]1CCCCNC1=O. The molecule has 102 valence electrons. The van der Waals surface area contributed by atoms with E-state index in [9.17, 15) is 9.59 Å². The Hall–Kier alpha value is -2.04. The van der Waals surface area contributed by atoms with Gasteiger partial charge in [-0.2, -0.15) is 0 Å². The Bertz CT molecular complexity index is 434. The van der Waals surface area contributed by atoms with Crippen molar-refractivity contribution in [2.45, 2.75) is 31.9 Å². The maximum Gasteiger partial charge on any atom is 0.408 e. The maximum absolute atomic E-state index is 11.6. The number of carbonyl (C=O) groups excluding carboxylic acids is 2. The number of amides is 2. The molecule has 0 aliphatic carbocycles. The predicted molar refractivity (Wildman–Crippen MR) is 70.4 cm³/mol. The molecule has 1 heterocycles. The van der Waals surface area contributed by atoms with Gasteiger partial charge >= 0.3 is 6.09 Å².